The molecule has 0 atom stereocenters. The molecule has 1 aromatic rings. The predicted octanol–water partition coefficient (Wildman–Crippen LogP) is 2.84. The predicted molar refractivity (Wildman–Crippen MR) is 52.7 cm³/mol. The quantitative estimate of drug-likeness (QED) is 0.720. The molecule has 0 saturated heterocycles. The second-order valence-electron chi connectivity index (χ2n) is 3.24. The molecule has 0 amide bonds. The van der Waals surface area contributed by atoms with E-state index in [4.69, 9.17) is 4.74 Å². The van der Waals surface area contributed by atoms with Crippen LogP contribution in [0.25, 0.3) is 0 Å². The van der Waals surface area contributed by atoms with Crippen molar-refractivity contribution in [2.24, 2.45) is 0 Å². The van der Waals surface area contributed by atoms with Crippen LogP contribution in [0.4, 0.5) is 8.78 Å². The van der Waals surface area contributed by atoms with Gasteiger partial charge < -0.3 is 4.74 Å². The minimum absolute atomic E-state index is 0.114. The third-order valence-corrected chi connectivity index (χ3v) is 1.96. The molecule has 1 rings (SSSR count). The van der Waals surface area contributed by atoms with Crippen molar-refractivity contribution in [1.29, 1.82) is 0 Å². The molecule has 82 valence electrons. The topological polar surface area (TPSA) is 26.3 Å². The summed E-state index contributed by atoms with van der Waals surface area (Å²) in [6.45, 7) is 2.51. The zero-order chi connectivity index (χ0) is 11.4. The van der Waals surface area contributed by atoms with Gasteiger partial charge in [-0.1, -0.05) is 12.1 Å². The number of aryl methyl sites for hydroxylation is 1. The molecule has 0 N–H and O–H groups in total. The summed E-state index contributed by atoms with van der Waals surface area (Å²) in [6, 6.07) is 4.81. The highest BCUT2D eigenvalue weighted by Crippen LogP contribution is 2.20. The highest BCUT2D eigenvalue weighted by atomic mass is 19.3. The summed E-state index contributed by atoms with van der Waals surface area (Å²) >= 11 is 0. The van der Waals surface area contributed by atoms with E-state index in [2.05, 4.69) is 0 Å². The van der Waals surface area contributed by atoms with Gasteiger partial charge in [0.1, 0.15) is 12.4 Å². The van der Waals surface area contributed by atoms with Gasteiger partial charge in [-0.25, -0.2) is 8.78 Å². The fraction of sp³-hybridized carbons (Fsp3) is 0.364. The molecule has 0 unspecified atom stereocenters. The molecule has 4 heteroatoms. The summed E-state index contributed by atoms with van der Waals surface area (Å²) in [7, 11) is 0. The number of ether oxygens (including phenoxy) is 1. The van der Waals surface area contributed by atoms with E-state index in [9.17, 15) is 13.6 Å². The van der Waals surface area contributed by atoms with Crippen molar-refractivity contribution < 1.29 is 18.3 Å². The molecule has 0 bridgehead atoms. The van der Waals surface area contributed by atoms with E-state index in [0.29, 0.717) is 11.3 Å². The average Bonchev–Trinajstić information content (AvgIpc) is 2.16. The molecule has 2 nitrogen and oxygen atoms in total. The minimum Gasteiger partial charge on any atom is -0.487 e. The van der Waals surface area contributed by atoms with E-state index < -0.39 is 13.0 Å². The highest BCUT2D eigenvalue weighted by Gasteiger charge is 2.08. The van der Waals surface area contributed by atoms with Gasteiger partial charge in [-0.3, -0.25) is 4.79 Å². The van der Waals surface area contributed by atoms with E-state index >= 15 is 0 Å². The maximum absolute atomic E-state index is 11.9. The van der Waals surface area contributed by atoms with Gasteiger partial charge in [-0.15, -0.1) is 0 Å². The summed E-state index contributed by atoms with van der Waals surface area (Å²) < 4.78 is 28.7. The molecule has 0 radical (unpaired) electrons. The summed E-state index contributed by atoms with van der Waals surface area (Å²) in [4.78, 5) is 11.0. The van der Waals surface area contributed by atoms with Crippen molar-refractivity contribution in [3.8, 4) is 5.75 Å². The van der Waals surface area contributed by atoms with Crippen molar-refractivity contribution in [2.45, 2.75) is 20.3 Å². The second kappa shape index (κ2) is 4.87. The summed E-state index contributed by atoms with van der Waals surface area (Å²) in [5, 5.41) is 0. The van der Waals surface area contributed by atoms with Crippen LogP contribution in [0, 0.1) is 6.92 Å². The first-order chi connectivity index (χ1) is 7.00. The van der Waals surface area contributed by atoms with Crippen molar-refractivity contribution in [2.75, 3.05) is 6.61 Å². The normalized spacial score (nSPS) is 10.5. The van der Waals surface area contributed by atoms with Gasteiger partial charge in [0.2, 0.25) is 0 Å². The van der Waals surface area contributed by atoms with Gasteiger partial charge in [0.15, 0.2) is 5.78 Å². The molecule has 15 heavy (non-hydrogen) atoms. The van der Waals surface area contributed by atoms with Crippen LogP contribution in [0.15, 0.2) is 18.2 Å². The Morgan fingerprint density at radius 3 is 2.67 bits per heavy atom. The number of benzene rings is 1. The van der Waals surface area contributed by atoms with Crippen LogP contribution in [0.3, 0.4) is 0 Å². The van der Waals surface area contributed by atoms with Crippen molar-refractivity contribution in [3.63, 3.8) is 0 Å². The summed E-state index contributed by atoms with van der Waals surface area (Å²) in [6.07, 6.45) is -2.51. The summed E-state index contributed by atoms with van der Waals surface area (Å²) in [5.74, 6) is 0.222. The molecule has 0 aliphatic rings. The Hall–Kier alpha value is -1.45. The zero-order valence-electron chi connectivity index (χ0n) is 8.59. The number of hydrogen-bond donors (Lipinski definition) is 0. The molecular weight excluding hydrogens is 202 g/mol. The Morgan fingerprint density at radius 1 is 1.47 bits per heavy atom. The first kappa shape index (κ1) is 11.6. The monoisotopic (exact) mass is 214 g/mol. The molecule has 0 aliphatic heterocycles. The maximum Gasteiger partial charge on any atom is 0.272 e. The number of carbonyl (C=O) groups is 1. The highest BCUT2D eigenvalue weighted by molar-refractivity contribution is 5.94. The molecule has 0 spiro atoms. The Kier molecular flexibility index (Phi) is 3.77. The Bertz CT molecular complexity index is 362. The maximum atomic E-state index is 11.9. The lowest BCUT2D eigenvalue weighted by Crippen LogP contribution is -2.08. The van der Waals surface area contributed by atoms with Gasteiger partial charge in [0.05, 0.1) is 0 Å². The van der Waals surface area contributed by atoms with Gasteiger partial charge in [-0.05, 0) is 25.5 Å². The second-order valence-corrected chi connectivity index (χ2v) is 3.24. The van der Waals surface area contributed by atoms with E-state index in [1.165, 1.54) is 13.0 Å². The number of rotatable bonds is 4. The average molecular weight is 214 g/mol. The Balaban J connectivity index is 2.85. The number of halogens is 2. The van der Waals surface area contributed by atoms with Gasteiger partial charge >= 0.3 is 0 Å². The van der Waals surface area contributed by atoms with Crippen LogP contribution in [0.1, 0.15) is 22.8 Å². The SMILES string of the molecule is CC(=O)c1ccc(C)c(OCC(F)F)c1. The number of ketones is 1. The van der Waals surface area contributed by atoms with Crippen LogP contribution < -0.4 is 4.74 Å². The Labute approximate surface area is 86.9 Å². The number of carbonyl (C=O) groups excluding carboxylic acids is 1. The number of alkyl halides is 2. The molecule has 0 saturated carbocycles. The first-order valence-electron chi connectivity index (χ1n) is 4.53. The van der Waals surface area contributed by atoms with E-state index in [0.717, 1.165) is 5.56 Å². The van der Waals surface area contributed by atoms with Crippen LogP contribution in [-0.2, 0) is 0 Å². The van der Waals surface area contributed by atoms with Crippen molar-refractivity contribution in [3.05, 3.63) is 29.3 Å². The third-order valence-electron chi connectivity index (χ3n) is 1.96. The number of hydrogen-bond acceptors (Lipinski definition) is 2. The smallest absolute Gasteiger partial charge is 0.272 e. The summed E-state index contributed by atoms with van der Waals surface area (Å²) in [5.41, 5.74) is 1.20. The van der Waals surface area contributed by atoms with Crippen LogP contribution >= 0.6 is 0 Å². The van der Waals surface area contributed by atoms with E-state index in [1.54, 1.807) is 19.1 Å². The molecule has 0 aliphatic carbocycles. The van der Waals surface area contributed by atoms with E-state index in [-0.39, 0.29) is 5.78 Å². The molecule has 0 aromatic heterocycles. The Morgan fingerprint density at radius 2 is 2.13 bits per heavy atom. The van der Waals surface area contributed by atoms with Crippen LogP contribution in [0.5, 0.6) is 5.75 Å². The van der Waals surface area contributed by atoms with Gasteiger partial charge in [0, 0.05) is 5.56 Å². The zero-order valence-corrected chi connectivity index (χ0v) is 8.59. The van der Waals surface area contributed by atoms with Crippen molar-refractivity contribution in [1.82, 2.24) is 0 Å². The van der Waals surface area contributed by atoms with E-state index in [1.807, 2.05) is 0 Å². The fourth-order valence-corrected chi connectivity index (χ4v) is 1.13. The van der Waals surface area contributed by atoms with Crippen molar-refractivity contribution >= 4 is 5.78 Å². The fourth-order valence-electron chi connectivity index (χ4n) is 1.13. The van der Waals surface area contributed by atoms with Gasteiger partial charge in [-0.2, -0.15) is 0 Å². The van der Waals surface area contributed by atoms with Crippen LogP contribution in [-0.4, -0.2) is 18.8 Å². The molecular formula is C11H12F2O2. The third kappa shape index (κ3) is 3.31. The van der Waals surface area contributed by atoms with Gasteiger partial charge in [0.25, 0.3) is 6.43 Å². The lowest BCUT2D eigenvalue weighted by atomic mass is 10.1. The molecule has 0 heterocycles. The first-order valence-corrected chi connectivity index (χ1v) is 4.53. The minimum atomic E-state index is -2.51. The largest absolute Gasteiger partial charge is 0.487 e. The standard InChI is InChI=1S/C11H12F2O2/c1-7-3-4-9(8(2)14)5-10(7)15-6-11(12)13/h3-5,11H,6H2,1-2H3. The lowest BCUT2D eigenvalue weighted by Gasteiger charge is -2.09. The number of Topliss-reactive ketones (excluding diaryl/α,β-unsaturated/α-hetero) is 1. The lowest BCUT2D eigenvalue weighted by molar-refractivity contribution is 0.0815. The molecule has 0 fully saturated rings. The van der Waals surface area contributed by atoms with Crippen LogP contribution in [0.2, 0.25) is 0 Å². The molecule has 1 aromatic carbocycles.